The number of nitrogens with zero attached hydrogens (tertiary/aromatic N) is 2. The number of rotatable bonds is 8. The number of anilines is 1. The van der Waals surface area contributed by atoms with Gasteiger partial charge in [-0.2, -0.15) is 0 Å². The summed E-state index contributed by atoms with van der Waals surface area (Å²) < 4.78 is 10.8. The van der Waals surface area contributed by atoms with Gasteiger partial charge < -0.3 is 19.3 Å². The van der Waals surface area contributed by atoms with Gasteiger partial charge in [-0.25, -0.2) is 0 Å². The Balaban J connectivity index is 2.00. The molecular formula is C22H28N2O3. The molecule has 0 heterocycles. The number of likely N-dealkylation sites (N-methyl/N-ethyl adjacent to an activating group) is 1. The molecule has 1 amide bonds. The van der Waals surface area contributed by atoms with Crippen LogP contribution in [0.25, 0.3) is 6.08 Å². The van der Waals surface area contributed by atoms with Crippen LogP contribution in [0.4, 0.5) is 5.69 Å². The number of hydrogen-bond donors (Lipinski definition) is 0. The van der Waals surface area contributed by atoms with Crippen molar-refractivity contribution in [2.75, 3.05) is 39.8 Å². The van der Waals surface area contributed by atoms with Crippen LogP contribution in [0.2, 0.25) is 0 Å². The first kappa shape index (κ1) is 20.4. The minimum atomic E-state index is -0.0560. The average Bonchev–Trinajstić information content (AvgIpc) is 2.67. The van der Waals surface area contributed by atoms with Crippen molar-refractivity contribution >= 4 is 17.7 Å². The Labute approximate surface area is 161 Å². The van der Waals surface area contributed by atoms with Gasteiger partial charge in [0.2, 0.25) is 5.91 Å². The van der Waals surface area contributed by atoms with Crippen LogP contribution in [0, 0.1) is 0 Å². The largest absolute Gasteiger partial charge is 0.493 e. The van der Waals surface area contributed by atoms with Gasteiger partial charge in [-0.15, -0.1) is 0 Å². The van der Waals surface area contributed by atoms with Crippen molar-refractivity contribution in [2.24, 2.45) is 0 Å². The summed E-state index contributed by atoms with van der Waals surface area (Å²) in [5.41, 5.74) is 3.11. The van der Waals surface area contributed by atoms with Crippen LogP contribution in [0.3, 0.4) is 0 Å². The summed E-state index contributed by atoms with van der Waals surface area (Å²) in [6.45, 7) is 3.06. The van der Waals surface area contributed by atoms with Crippen LogP contribution >= 0.6 is 0 Å². The van der Waals surface area contributed by atoms with Gasteiger partial charge in [-0.1, -0.05) is 18.2 Å². The van der Waals surface area contributed by atoms with Crippen molar-refractivity contribution in [1.82, 2.24) is 4.90 Å². The van der Waals surface area contributed by atoms with E-state index < -0.39 is 0 Å². The molecule has 0 aliphatic heterocycles. The molecule has 0 bridgehead atoms. The Morgan fingerprint density at radius 3 is 2.33 bits per heavy atom. The number of ether oxygens (including phenoxy) is 2. The van der Waals surface area contributed by atoms with Crippen molar-refractivity contribution in [1.29, 1.82) is 0 Å². The lowest BCUT2D eigenvalue weighted by atomic mass is 10.1. The maximum Gasteiger partial charge on any atom is 0.246 e. The molecule has 0 atom stereocenters. The van der Waals surface area contributed by atoms with Gasteiger partial charge in [0.15, 0.2) is 11.5 Å². The summed E-state index contributed by atoms with van der Waals surface area (Å²) in [5, 5.41) is 0. The molecule has 0 aliphatic carbocycles. The lowest BCUT2D eigenvalue weighted by Crippen LogP contribution is -2.24. The zero-order valence-electron chi connectivity index (χ0n) is 16.7. The zero-order chi connectivity index (χ0) is 19.8. The number of methoxy groups -OCH3 is 1. The van der Waals surface area contributed by atoms with Gasteiger partial charge in [0, 0.05) is 39.5 Å². The Kier molecular flexibility index (Phi) is 7.29. The van der Waals surface area contributed by atoms with E-state index in [1.807, 2.05) is 56.3 Å². The lowest BCUT2D eigenvalue weighted by Gasteiger charge is -2.17. The Hall–Kier alpha value is -2.95. The summed E-state index contributed by atoms with van der Waals surface area (Å²) in [6, 6.07) is 13.8. The number of amides is 1. The number of benzene rings is 2. The van der Waals surface area contributed by atoms with Gasteiger partial charge in [0.1, 0.15) is 0 Å². The van der Waals surface area contributed by atoms with Crippen molar-refractivity contribution in [3.05, 3.63) is 59.7 Å². The first-order chi connectivity index (χ1) is 12.9. The highest BCUT2D eigenvalue weighted by atomic mass is 16.5. The van der Waals surface area contributed by atoms with Crippen LogP contribution in [-0.2, 0) is 11.3 Å². The van der Waals surface area contributed by atoms with Gasteiger partial charge >= 0.3 is 0 Å². The topological polar surface area (TPSA) is 42.0 Å². The van der Waals surface area contributed by atoms with Gasteiger partial charge in [-0.05, 0) is 48.4 Å². The molecule has 0 saturated carbocycles. The van der Waals surface area contributed by atoms with Crippen molar-refractivity contribution in [2.45, 2.75) is 13.5 Å². The summed E-state index contributed by atoms with van der Waals surface area (Å²) in [6.07, 6.45) is 3.36. The molecule has 0 spiro atoms. The van der Waals surface area contributed by atoms with E-state index in [1.165, 1.54) is 0 Å². The van der Waals surface area contributed by atoms with E-state index in [0.717, 1.165) is 16.8 Å². The number of carbonyl (C=O) groups is 1. The lowest BCUT2D eigenvalue weighted by molar-refractivity contribution is -0.125. The van der Waals surface area contributed by atoms with Crippen molar-refractivity contribution in [3.8, 4) is 11.5 Å². The van der Waals surface area contributed by atoms with E-state index in [0.29, 0.717) is 24.7 Å². The minimum absolute atomic E-state index is 0.0560. The molecule has 2 rings (SSSR count). The second-order valence-corrected chi connectivity index (χ2v) is 6.43. The third-order valence-corrected chi connectivity index (χ3v) is 4.15. The monoisotopic (exact) mass is 368 g/mol. The van der Waals surface area contributed by atoms with E-state index in [2.05, 4.69) is 12.1 Å². The van der Waals surface area contributed by atoms with E-state index in [1.54, 1.807) is 31.2 Å². The highest BCUT2D eigenvalue weighted by Crippen LogP contribution is 2.28. The number of hydrogen-bond acceptors (Lipinski definition) is 4. The second kappa shape index (κ2) is 9.67. The van der Waals surface area contributed by atoms with Crippen LogP contribution in [-0.4, -0.2) is 45.7 Å². The molecule has 144 valence electrons. The first-order valence-corrected chi connectivity index (χ1v) is 8.95. The van der Waals surface area contributed by atoms with Crippen LogP contribution in [0.5, 0.6) is 11.5 Å². The normalized spacial score (nSPS) is 10.7. The standard InChI is InChI=1S/C22H28N2O3/c1-6-27-20-13-9-17(15-21(20)26-5)10-14-22(25)24(4)16-18-7-11-19(12-8-18)23(2)3/h7-15H,6,16H2,1-5H3/b14-10+. The summed E-state index contributed by atoms with van der Waals surface area (Å²) in [4.78, 5) is 16.1. The molecule has 5 heteroatoms. The maximum atomic E-state index is 12.4. The molecule has 0 N–H and O–H groups in total. The third-order valence-electron chi connectivity index (χ3n) is 4.15. The predicted molar refractivity (Wildman–Crippen MR) is 110 cm³/mol. The fraction of sp³-hybridized carbons (Fsp3) is 0.318. The molecule has 0 unspecified atom stereocenters. The van der Waals surface area contributed by atoms with E-state index in [9.17, 15) is 4.79 Å². The molecular weight excluding hydrogens is 340 g/mol. The SMILES string of the molecule is CCOc1ccc(/C=C/C(=O)N(C)Cc2ccc(N(C)C)cc2)cc1OC. The molecule has 0 radical (unpaired) electrons. The highest BCUT2D eigenvalue weighted by molar-refractivity contribution is 5.91. The zero-order valence-corrected chi connectivity index (χ0v) is 16.7. The Bertz CT molecular complexity index is 783. The predicted octanol–water partition coefficient (Wildman–Crippen LogP) is 3.83. The maximum absolute atomic E-state index is 12.4. The molecule has 2 aromatic rings. The molecule has 0 saturated heterocycles. The average molecular weight is 368 g/mol. The summed E-state index contributed by atoms with van der Waals surface area (Å²) in [5.74, 6) is 1.29. The van der Waals surface area contributed by atoms with Gasteiger partial charge in [0.25, 0.3) is 0 Å². The molecule has 2 aromatic carbocycles. The van der Waals surface area contributed by atoms with Crippen LogP contribution < -0.4 is 14.4 Å². The Morgan fingerprint density at radius 2 is 1.74 bits per heavy atom. The summed E-state index contributed by atoms with van der Waals surface area (Å²) >= 11 is 0. The van der Waals surface area contributed by atoms with E-state index >= 15 is 0 Å². The van der Waals surface area contributed by atoms with Gasteiger partial charge in [-0.3, -0.25) is 4.79 Å². The second-order valence-electron chi connectivity index (χ2n) is 6.43. The van der Waals surface area contributed by atoms with Crippen molar-refractivity contribution in [3.63, 3.8) is 0 Å². The van der Waals surface area contributed by atoms with Crippen molar-refractivity contribution < 1.29 is 14.3 Å². The molecule has 0 aromatic heterocycles. The van der Waals surface area contributed by atoms with E-state index in [-0.39, 0.29) is 5.91 Å². The quantitative estimate of drug-likeness (QED) is 0.664. The van der Waals surface area contributed by atoms with E-state index in [4.69, 9.17) is 9.47 Å². The molecule has 27 heavy (non-hydrogen) atoms. The Morgan fingerprint density at radius 1 is 1.04 bits per heavy atom. The number of carbonyl (C=O) groups excluding carboxylic acids is 1. The molecule has 0 aliphatic rings. The highest BCUT2D eigenvalue weighted by Gasteiger charge is 2.07. The van der Waals surface area contributed by atoms with Crippen LogP contribution in [0.1, 0.15) is 18.1 Å². The third kappa shape index (κ3) is 5.78. The molecule has 5 nitrogen and oxygen atoms in total. The first-order valence-electron chi connectivity index (χ1n) is 8.95. The fourth-order valence-corrected chi connectivity index (χ4v) is 2.61. The van der Waals surface area contributed by atoms with Crippen LogP contribution in [0.15, 0.2) is 48.5 Å². The van der Waals surface area contributed by atoms with Gasteiger partial charge in [0.05, 0.1) is 13.7 Å². The molecule has 0 fully saturated rings. The fourth-order valence-electron chi connectivity index (χ4n) is 2.61. The smallest absolute Gasteiger partial charge is 0.246 e. The minimum Gasteiger partial charge on any atom is -0.493 e. The summed E-state index contributed by atoms with van der Waals surface area (Å²) in [7, 11) is 7.41.